The number of nitrogens with two attached hydrogens (primary N) is 1. The van der Waals surface area contributed by atoms with E-state index in [0.29, 0.717) is 17.7 Å². The molecule has 0 aliphatic carbocycles. The fourth-order valence-electron chi connectivity index (χ4n) is 1.79. The van der Waals surface area contributed by atoms with Crippen LogP contribution in [0.2, 0.25) is 0 Å². The number of esters is 1. The molecule has 6 nitrogen and oxygen atoms in total. The van der Waals surface area contributed by atoms with Gasteiger partial charge >= 0.3 is 5.97 Å². The van der Waals surface area contributed by atoms with Crippen molar-refractivity contribution < 1.29 is 19.1 Å². The highest BCUT2D eigenvalue weighted by Crippen LogP contribution is 2.09. The summed E-state index contributed by atoms with van der Waals surface area (Å²) in [5, 5.41) is 2.65. The molecule has 0 aliphatic rings. The van der Waals surface area contributed by atoms with Gasteiger partial charge in [-0.05, 0) is 37.0 Å². The molecule has 1 atom stereocenters. The molecule has 0 aromatic heterocycles. The van der Waals surface area contributed by atoms with Crippen molar-refractivity contribution in [3.05, 3.63) is 35.4 Å². The quantitative estimate of drug-likeness (QED) is 0.692. The Morgan fingerprint density at radius 3 is 2.59 bits per heavy atom. The average molecular weight is 324 g/mol. The topological polar surface area (TPSA) is 98.5 Å². The van der Waals surface area contributed by atoms with Crippen LogP contribution in [-0.2, 0) is 14.3 Å². The normalized spacial score (nSPS) is 11.5. The zero-order valence-corrected chi connectivity index (χ0v) is 13.4. The number of benzene rings is 1. The molecule has 3 N–H and O–H groups in total. The number of thioether (sulfide) groups is 1. The number of ether oxygens (including phenoxy) is 1. The van der Waals surface area contributed by atoms with Crippen LogP contribution < -0.4 is 11.1 Å². The number of hydrogen-bond acceptors (Lipinski definition) is 5. The molecule has 0 spiro atoms. The molecule has 0 bridgehead atoms. The number of carbonyl (C=O) groups is 3. The van der Waals surface area contributed by atoms with E-state index >= 15 is 0 Å². The third-order valence-corrected chi connectivity index (χ3v) is 3.59. The summed E-state index contributed by atoms with van der Waals surface area (Å²) in [5.74, 6) is -1.07. The predicted molar refractivity (Wildman–Crippen MR) is 85.6 cm³/mol. The second-order valence-electron chi connectivity index (χ2n) is 4.70. The Labute approximate surface area is 133 Å². The Hall–Kier alpha value is -2.02. The van der Waals surface area contributed by atoms with E-state index in [1.165, 1.54) is 0 Å². The van der Waals surface area contributed by atoms with Crippen LogP contribution in [0.5, 0.6) is 0 Å². The van der Waals surface area contributed by atoms with E-state index < -0.39 is 24.5 Å². The van der Waals surface area contributed by atoms with Crippen molar-refractivity contribution >= 4 is 29.5 Å². The van der Waals surface area contributed by atoms with Crippen LogP contribution in [0.1, 0.15) is 22.3 Å². The monoisotopic (exact) mass is 324 g/mol. The van der Waals surface area contributed by atoms with Crippen LogP contribution in [0, 0.1) is 6.92 Å². The second kappa shape index (κ2) is 9.09. The zero-order chi connectivity index (χ0) is 16.5. The van der Waals surface area contributed by atoms with Crippen LogP contribution in [0.4, 0.5) is 0 Å². The Balaban J connectivity index is 2.75. The average Bonchev–Trinajstić information content (AvgIpc) is 2.49. The highest BCUT2D eigenvalue weighted by molar-refractivity contribution is 7.98. The lowest BCUT2D eigenvalue weighted by atomic mass is 10.1. The minimum Gasteiger partial charge on any atom is -0.454 e. The van der Waals surface area contributed by atoms with Gasteiger partial charge in [0.1, 0.15) is 6.04 Å². The summed E-state index contributed by atoms with van der Waals surface area (Å²) in [5.41, 5.74) is 6.26. The van der Waals surface area contributed by atoms with Crippen molar-refractivity contribution in [2.24, 2.45) is 5.73 Å². The second-order valence-corrected chi connectivity index (χ2v) is 5.68. The third-order valence-electron chi connectivity index (χ3n) is 2.95. The molecule has 1 aromatic rings. The van der Waals surface area contributed by atoms with E-state index in [1.54, 1.807) is 23.9 Å². The highest BCUT2D eigenvalue weighted by Gasteiger charge is 2.23. The van der Waals surface area contributed by atoms with Gasteiger partial charge in [0, 0.05) is 5.56 Å². The maximum atomic E-state index is 12.3. The zero-order valence-electron chi connectivity index (χ0n) is 12.6. The molecule has 0 saturated heterocycles. The van der Waals surface area contributed by atoms with Crippen molar-refractivity contribution in [2.45, 2.75) is 19.4 Å². The van der Waals surface area contributed by atoms with E-state index in [2.05, 4.69) is 5.32 Å². The summed E-state index contributed by atoms with van der Waals surface area (Å²) in [6.45, 7) is 1.33. The number of primary amides is 1. The minimum absolute atomic E-state index is 0.347. The molecule has 0 fully saturated rings. The van der Waals surface area contributed by atoms with Gasteiger partial charge in [-0.25, -0.2) is 4.79 Å². The van der Waals surface area contributed by atoms with Gasteiger partial charge in [0.2, 0.25) is 0 Å². The molecule has 1 rings (SSSR count). The molecule has 0 heterocycles. The first-order valence-electron chi connectivity index (χ1n) is 6.76. The van der Waals surface area contributed by atoms with Crippen molar-refractivity contribution in [3.8, 4) is 0 Å². The summed E-state index contributed by atoms with van der Waals surface area (Å²) in [6.07, 6.45) is 2.31. The summed E-state index contributed by atoms with van der Waals surface area (Å²) >= 11 is 1.55. The van der Waals surface area contributed by atoms with Gasteiger partial charge in [0.05, 0.1) is 0 Å². The molecular weight excluding hydrogens is 304 g/mol. The molecule has 2 amide bonds. The Kier molecular flexibility index (Phi) is 7.45. The van der Waals surface area contributed by atoms with Crippen molar-refractivity contribution in [1.29, 1.82) is 0 Å². The highest BCUT2D eigenvalue weighted by atomic mass is 32.2. The summed E-state index contributed by atoms with van der Waals surface area (Å²) in [6, 6.07) is 6.28. The number of carbonyl (C=O) groups excluding carboxylic acids is 3. The third kappa shape index (κ3) is 5.77. The molecule has 0 unspecified atom stereocenters. The Morgan fingerprint density at radius 1 is 1.32 bits per heavy atom. The summed E-state index contributed by atoms with van der Waals surface area (Å²) in [4.78, 5) is 34.9. The standard InChI is InChI=1S/C15H20N2O4S/c1-10-5-3-4-6-11(10)14(19)17-12(7-8-22-2)15(20)21-9-13(16)18/h3-6,12H,7-9H2,1-2H3,(H2,16,18)(H,17,19)/t12-/m0/s1. The molecule has 22 heavy (non-hydrogen) atoms. The van der Waals surface area contributed by atoms with E-state index in [9.17, 15) is 14.4 Å². The molecule has 0 aliphatic heterocycles. The minimum atomic E-state index is -0.807. The smallest absolute Gasteiger partial charge is 0.329 e. The van der Waals surface area contributed by atoms with Crippen molar-refractivity contribution in [1.82, 2.24) is 5.32 Å². The summed E-state index contributed by atoms with van der Waals surface area (Å²) < 4.78 is 4.79. The molecule has 120 valence electrons. The molecular formula is C15H20N2O4S. The first kappa shape index (κ1) is 18.0. The lowest BCUT2D eigenvalue weighted by Crippen LogP contribution is -2.43. The number of aryl methyl sites for hydroxylation is 1. The fraction of sp³-hybridized carbons (Fsp3) is 0.400. The SMILES string of the molecule is CSCC[C@H](NC(=O)c1ccccc1C)C(=O)OCC(N)=O. The molecule has 0 radical (unpaired) electrons. The number of nitrogens with one attached hydrogen (secondary N) is 1. The first-order valence-corrected chi connectivity index (χ1v) is 8.15. The molecule has 7 heteroatoms. The van der Waals surface area contributed by atoms with Crippen molar-refractivity contribution in [2.75, 3.05) is 18.6 Å². The van der Waals surface area contributed by atoms with Gasteiger partial charge in [-0.15, -0.1) is 0 Å². The first-order chi connectivity index (χ1) is 10.5. The van der Waals surface area contributed by atoms with Gasteiger partial charge < -0.3 is 15.8 Å². The van der Waals surface area contributed by atoms with E-state index in [4.69, 9.17) is 10.5 Å². The van der Waals surface area contributed by atoms with E-state index in [-0.39, 0.29) is 5.91 Å². The molecule has 1 aromatic carbocycles. The lowest BCUT2D eigenvalue weighted by Gasteiger charge is -2.17. The van der Waals surface area contributed by atoms with Gasteiger partial charge in [-0.1, -0.05) is 18.2 Å². The van der Waals surface area contributed by atoms with E-state index in [1.807, 2.05) is 25.3 Å². The maximum absolute atomic E-state index is 12.3. The van der Waals surface area contributed by atoms with Crippen LogP contribution in [0.15, 0.2) is 24.3 Å². The summed E-state index contributed by atoms with van der Waals surface area (Å²) in [7, 11) is 0. The predicted octanol–water partition coefficient (Wildman–Crippen LogP) is 0.875. The van der Waals surface area contributed by atoms with Gasteiger partial charge in [0.15, 0.2) is 6.61 Å². The van der Waals surface area contributed by atoms with Gasteiger partial charge in [-0.3, -0.25) is 9.59 Å². The van der Waals surface area contributed by atoms with Gasteiger partial charge in [-0.2, -0.15) is 11.8 Å². The van der Waals surface area contributed by atoms with Gasteiger partial charge in [0.25, 0.3) is 11.8 Å². The largest absolute Gasteiger partial charge is 0.454 e. The molecule has 0 saturated carbocycles. The number of amides is 2. The maximum Gasteiger partial charge on any atom is 0.329 e. The van der Waals surface area contributed by atoms with Crippen LogP contribution in [-0.4, -0.2) is 42.4 Å². The van der Waals surface area contributed by atoms with Crippen LogP contribution >= 0.6 is 11.8 Å². The fourth-order valence-corrected chi connectivity index (χ4v) is 2.26. The van der Waals surface area contributed by atoms with Crippen molar-refractivity contribution in [3.63, 3.8) is 0 Å². The van der Waals surface area contributed by atoms with Crippen LogP contribution in [0.3, 0.4) is 0 Å². The Morgan fingerprint density at radius 2 is 2.00 bits per heavy atom. The number of hydrogen-bond donors (Lipinski definition) is 2. The lowest BCUT2D eigenvalue weighted by molar-refractivity contribution is -0.149. The Bertz CT molecular complexity index is 548. The van der Waals surface area contributed by atoms with Crippen LogP contribution in [0.25, 0.3) is 0 Å². The number of rotatable bonds is 8. The van der Waals surface area contributed by atoms with E-state index in [0.717, 1.165) is 5.56 Å².